The second-order valence-electron chi connectivity index (χ2n) is 7.28. The summed E-state index contributed by atoms with van der Waals surface area (Å²) in [7, 11) is 0. The molecule has 3 amide bonds. The molecule has 1 aromatic heterocycles. The monoisotopic (exact) mass is 469 g/mol. The van der Waals surface area contributed by atoms with Crippen LogP contribution in [0.5, 0.6) is 0 Å². The molecule has 0 aliphatic carbocycles. The van der Waals surface area contributed by atoms with E-state index in [9.17, 15) is 29.1 Å². The number of amides is 3. The van der Waals surface area contributed by atoms with Crippen LogP contribution in [0.2, 0.25) is 0 Å². The largest absolute Gasteiger partial charge is 0.481 e. The first kappa shape index (κ1) is 27.5. The van der Waals surface area contributed by atoms with Crippen LogP contribution in [0.1, 0.15) is 37.8 Å². The molecule has 10 N–H and O–H groups in total. The maximum atomic E-state index is 12.9. The van der Waals surface area contributed by atoms with Crippen LogP contribution in [-0.2, 0) is 30.4 Å². The first-order valence-electron chi connectivity index (χ1n) is 10.4. The number of nitrogens with one attached hydrogen (secondary N) is 4. The standard InChI is InChI=1S/C19H31N7O7/c20-6-2-1-3-13(19(32)33)26-17(30)12(4-5-16(28)29)25-18(31)14(24-15(27)8-21)7-11-9-22-10-23-11/h9-10,12-14H,1-8,20-21H2,(H,22,23)(H,24,27)(H,25,31)(H,26,30)(H,28,29)(H,32,33). The van der Waals surface area contributed by atoms with E-state index in [1.165, 1.54) is 12.5 Å². The second-order valence-corrected chi connectivity index (χ2v) is 7.28. The Morgan fingerprint density at radius 1 is 0.939 bits per heavy atom. The van der Waals surface area contributed by atoms with Gasteiger partial charge in [0.2, 0.25) is 17.7 Å². The highest BCUT2D eigenvalue weighted by molar-refractivity contribution is 5.93. The normalized spacial score (nSPS) is 13.4. The molecule has 0 aliphatic heterocycles. The molecule has 33 heavy (non-hydrogen) atoms. The van der Waals surface area contributed by atoms with Gasteiger partial charge in [0.1, 0.15) is 18.1 Å². The fourth-order valence-corrected chi connectivity index (χ4v) is 2.91. The van der Waals surface area contributed by atoms with Crippen LogP contribution in [-0.4, -0.2) is 81.1 Å². The Labute approximate surface area is 189 Å². The number of carbonyl (C=O) groups is 5. The lowest BCUT2D eigenvalue weighted by atomic mass is 10.1. The molecule has 0 radical (unpaired) electrons. The van der Waals surface area contributed by atoms with E-state index in [4.69, 9.17) is 16.6 Å². The Hall–Kier alpha value is -3.52. The SMILES string of the molecule is NCCCCC(NC(=O)C(CCC(=O)O)NC(=O)C(Cc1cnc[nH]1)NC(=O)CN)C(=O)O. The zero-order valence-electron chi connectivity index (χ0n) is 18.1. The van der Waals surface area contributed by atoms with Crippen molar-refractivity contribution >= 4 is 29.7 Å². The number of unbranched alkanes of at least 4 members (excludes halogenated alkanes) is 1. The van der Waals surface area contributed by atoms with Gasteiger partial charge in [-0.25, -0.2) is 9.78 Å². The van der Waals surface area contributed by atoms with Crippen LogP contribution in [0.4, 0.5) is 0 Å². The number of nitrogens with two attached hydrogens (primary N) is 2. The van der Waals surface area contributed by atoms with E-state index >= 15 is 0 Å². The van der Waals surface area contributed by atoms with Crippen molar-refractivity contribution in [1.29, 1.82) is 0 Å². The maximum Gasteiger partial charge on any atom is 0.326 e. The number of rotatable bonds is 16. The van der Waals surface area contributed by atoms with E-state index in [-0.39, 0.29) is 25.8 Å². The third-order valence-corrected chi connectivity index (χ3v) is 4.66. The van der Waals surface area contributed by atoms with Crippen molar-refractivity contribution in [2.75, 3.05) is 13.1 Å². The first-order chi connectivity index (χ1) is 15.7. The summed E-state index contributed by atoms with van der Waals surface area (Å²) in [6.07, 6.45) is 3.23. The summed E-state index contributed by atoms with van der Waals surface area (Å²) in [5, 5.41) is 25.5. The number of hydrogen-bond donors (Lipinski definition) is 8. The number of imidazole rings is 1. The highest BCUT2D eigenvalue weighted by atomic mass is 16.4. The molecule has 1 rings (SSSR count). The van der Waals surface area contributed by atoms with E-state index in [0.29, 0.717) is 25.1 Å². The van der Waals surface area contributed by atoms with E-state index < -0.39 is 54.2 Å². The average molecular weight is 469 g/mol. The Morgan fingerprint density at radius 2 is 1.61 bits per heavy atom. The number of aromatic amines is 1. The number of aliphatic carboxylic acids is 2. The summed E-state index contributed by atoms with van der Waals surface area (Å²) >= 11 is 0. The summed E-state index contributed by atoms with van der Waals surface area (Å²) in [6, 6.07) is -3.71. The molecule has 14 nitrogen and oxygen atoms in total. The van der Waals surface area contributed by atoms with Gasteiger partial charge in [-0.15, -0.1) is 0 Å². The van der Waals surface area contributed by atoms with E-state index in [1.54, 1.807) is 0 Å². The van der Waals surface area contributed by atoms with Crippen molar-refractivity contribution in [2.45, 2.75) is 56.7 Å². The van der Waals surface area contributed by atoms with E-state index in [0.717, 1.165) is 0 Å². The van der Waals surface area contributed by atoms with Crippen molar-refractivity contribution in [2.24, 2.45) is 11.5 Å². The van der Waals surface area contributed by atoms with Crippen LogP contribution in [0, 0.1) is 0 Å². The molecule has 14 heteroatoms. The summed E-state index contributed by atoms with van der Waals surface area (Å²) in [4.78, 5) is 66.5. The minimum Gasteiger partial charge on any atom is -0.481 e. The second kappa shape index (κ2) is 14.5. The zero-order chi connectivity index (χ0) is 24.8. The minimum atomic E-state index is -1.34. The molecular formula is C19H31N7O7. The van der Waals surface area contributed by atoms with Crippen LogP contribution < -0.4 is 27.4 Å². The molecule has 3 unspecified atom stereocenters. The number of carboxylic acids is 2. The van der Waals surface area contributed by atoms with Gasteiger partial charge in [-0.1, -0.05) is 0 Å². The van der Waals surface area contributed by atoms with Crippen LogP contribution in [0.25, 0.3) is 0 Å². The van der Waals surface area contributed by atoms with Crippen LogP contribution in [0.15, 0.2) is 12.5 Å². The van der Waals surface area contributed by atoms with E-state index in [1.807, 2.05) is 0 Å². The maximum absolute atomic E-state index is 12.9. The topological polar surface area (TPSA) is 243 Å². The predicted molar refractivity (Wildman–Crippen MR) is 115 cm³/mol. The van der Waals surface area contributed by atoms with Gasteiger partial charge in [-0.3, -0.25) is 19.2 Å². The van der Waals surface area contributed by atoms with Crippen molar-refractivity contribution in [3.05, 3.63) is 18.2 Å². The molecule has 184 valence electrons. The quantitative estimate of drug-likeness (QED) is 0.118. The number of H-pyrrole nitrogens is 1. The van der Waals surface area contributed by atoms with Crippen molar-refractivity contribution in [1.82, 2.24) is 25.9 Å². The van der Waals surface area contributed by atoms with Crippen molar-refractivity contribution in [3.8, 4) is 0 Å². The summed E-state index contributed by atoms with van der Waals surface area (Å²) in [6.45, 7) is -0.0113. The van der Waals surface area contributed by atoms with Gasteiger partial charge in [0, 0.05) is 24.7 Å². The molecule has 1 heterocycles. The molecule has 0 bridgehead atoms. The van der Waals surface area contributed by atoms with Crippen molar-refractivity contribution in [3.63, 3.8) is 0 Å². The Balaban J connectivity index is 2.96. The zero-order valence-corrected chi connectivity index (χ0v) is 18.1. The third kappa shape index (κ3) is 10.6. The average Bonchev–Trinajstić information content (AvgIpc) is 3.28. The lowest BCUT2D eigenvalue weighted by molar-refractivity contribution is -0.143. The molecule has 0 aromatic carbocycles. The predicted octanol–water partition coefficient (Wildman–Crippen LogP) is -2.56. The molecule has 0 spiro atoms. The van der Waals surface area contributed by atoms with E-state index in [2.05, 4.69) is 25.9 Å². The summed E-state index contributed by atoms with van der Waals surface area (Å²) < 4.78 is 0. The number of carboxylic acid groups (broad SMARTS) is 2. The van der Waals surface area contributed by atoms with Gasteiger partial charge < -0.3 is 42.6 Å². The number of hydrogen-bond acceptors (Lipinski definition) is 8. The Morgan fingerprint density at radius 3 is 2.15 bits per heavy atom. The molecule has 0 fully saturated rings. The third-order valence-electron chi connectivity index (χ3n) is 4.66. The highest BCUT2D eigenvalue weighted by Crippen LogP contribution is 2.06. The lowest BCUT2D eigenvalue weighted by Crippen LogP contribution is -2.56. The number of carbonyl (C=O) groups excluding carboxylic acids is 3. The molecule has 1 aromatic rings. The fourth-order valence-electron chi connectivity index (χ4n) is 2.91. The van der Waals surface area contributed by atoms with Gasteiger partial charge >= 0.3 is 11.9 Å². The summed E-state index contributed by atoms with van der Waals surface area (Å²) in [5.41, 5.74) is 11.2. The van der Waals surface area contributed by atoms with Gasteiger partial charge in [-0.05, 0) is 32.2 Å². The molecule has 0 saturated carbocycles. The number of nitrogens with zero attached hydrogens (tertiary/aromatic N) is 1. The van der Waals surface area contributed by atoms with Gasteiger partial charge in [0.15, 0.2) is 0 Å². The highest BCUT2D eigenvalue weighted by Gasteiger charge is 2.30. The molecule has 3 atom stereocenters. The lowest BCUT2D eigenvalue weighted by Gasteiger charge is -2.24. The Bertz CT molecular complexity index is 800. The fraction of sp³-hybridized carbons (Fsp3) is 0.579. The Kier molecular flexibility index (Phi) is 12.1. The van der Waals surface area contributed by atoms with Crippen LogP contribution >= 0.6 is 0 Å². The molecular weight excluding hydrogens is 438 g/mol. The first-order valence-corrected chi connectivity index (χ1v) is 10.4. The van der Waals surface area contributed by atoms with Crippen molar-refractivity contribution < 1.29 is 34.2 Å². The van der Waals surface area contributed by atoms with Gasteiger partial charge in [0.05, 0.1) is 12.9 Å². The number of aromatic nitrogens is 2. The minimum absolute atomic E-state index is 0.00167. The van der Waals surface area contributed by atoms with Gasteiger partial charge in [-0.2, -0.15) is 0 Å². The van der Waals surface area contributed by atoms with Gasteiger partial charge in [0.25, 0.3) is 0 Å². The molecule has 0 saturated heterocycles. The smallest absolute Gasteiger partial charge is 0.326 e. The summed E-state index contributed by atoms with van der Waals surface area (Å²) in [5.74, 6) is -4.71. The van der Waals surface area contributed by atoms with Crippen LogP contribution in [0.3, 0.4) is 0 Å². The molecule has 0 aliphatic rings.